The molecule has 1 aliphatic heterocycles. The number of para-hydroxylation sites is 2. The number of pyridine rings is 2. The highest BCUT2D eigenvalue weighted by atomic mass is 32.1. The highest BCUT2D eigenvalue weighted by Gasteiger charge is 2.27. The Morgan fingerprint density at radius 2 is 1.88 bits per heavy atom. The van der Waals surface area contributed by atoms with Crippen molar-refractivity contribution in [3.05, 3.63) is 84.8 Å². The van der Waals surface area contributed by atoms with E-state index in [0.29, 0.717) is 35.9 Å². The van der Waals surface area contributed by atoms with Gasteiger partial charge in [0.25, 0.3) is 5.91 Å². The predicted octanol–water partition coefficient (Wildman–Crippen LogP) is 5.77. The van der Waals surface area contributed by atoms with Gasteiger partial charge in [-0.05, 0) is 54.7 Å². The number of benzene rings is 2. The fourth-order valence-electron chi connectivity index (χ4n) is 5.53. The summed E-state index contributed by atoms with van der Waals surface area (Å²) >= 11 is 4.26. The molecule has 0 bridgehead atoms. The molecule has 8 nitrogen and oxygen atoms in total. The van der Waals surface area contributed by atoms with E-state index in [1.807, 2.05) is 59.6 Å². The Labute approximate surface area is 237 Å². The summed E-state index contributed by atoms with van der Waals surface area (Å²) in [5.41, 5.74) is 3.75. The van der Waals surface area contributed by atoms with Crippen LogP contribution in [-0.4, -0.2) is 55.1 Å². The van der Waals surface area contributed by atoms with E-state index in [9.17, 15) is 9.59 Å². The fourth-order valence-corrected chi connectivity index (χ4v) is 5.72. The van der Waals surface area contributed by atoms with E-state index in [1.165, 1.54) is 0 Å². The summed E-state index contributed by atoms with van der Waals surface area (Å²) in [6, 6.07) is 19.3. The number of hydrogen-bond donors (Lipinski definition) is 2. The molecule has 3 aromatic heterocycles. The fraction of sp³-hybridized carbons (Fsp3) is 0.258. The minimum atomic E-state index is -0.273. The molecule has 2 amide bonds. The maximum absolute atomic E-state index is 13.6. The third-order valence-corrected chi connectivity index (χ3v) is 7.70. The Balaban J connectivity index is 1.33. The molecule has 2 aromatic carbocycles. The number of likely N-dealkylation sites (tertiary alicyclic amines) is 1. The lowest BCUT2D eigenvalue weighted by Crippen LogP contribution is -2.35. The van der Waals surface area contributed by atoms with Crippen LogP contribution in [0.5, 0.6) is 0 Å². The van der Waals surface area contributed by atoms with Gasteiger partial charge in [-0.2, -0.15) is 12.6 Å². The smallest absolute Gasteiger partial charge is 0.258 e. The van der Waals surface area contributed by atoms with E-state index in [1.54, 1.807) is 24.5 Å². The van der Waals surface area contributed by atoms with E-state index < -0.39 is 0 Å². The van der Waals surface area contributed by atoms with Crippen LogP contribution in [0.15, 0.2) is 79.3 Å². The van der Waals surface area contributed by atoms with Gasteiger partial charge in [0.1, 0.15) is 0 Å². The van der Waals surface area contributed by atoms with Gasteiger partial charge < -0.3 is 9.47 Å². The zero-order valence-corrected chi connectivity index (χ0v) is 22.9. The number of fused-ring (bicyclic) bond motifs is 2. The molecule has 1 saturated heterocycles. The van der Waals surface area contributed by atoms with E-state index in [-0.39, 0.29) is 17.9 Å². The van der Waals surface area contributed by atoms with Crippen molar-refractivity contribution in [2.75, 3.05) is 24.2 Å². The van der Waals surface area contributed by atoms with Gasteiger partial charge in [0.15, 0.2) is 0 Å². The Hall–Kier alpha value is -4.24. The van der Waals surface area contributed by atoms with Crippen LogP contribution in [0, 0.1) is 0 Å². The number of nitrogens with one attached hydrogen (secondary N) is 1. The summed E-state index contributed by atoms with van der Waals surface area (Å²) in [5, 5.41) is 5.11. The van der Waals surface area contributed by atoms with Crippen molar-refractivity contribution in [1.82, 2.24) is 24.4 Å². The monoisotopic (exact) mass is 550 g/mol. The van der Waals surface area contributed by atoms with Gasteiger partial charge in [-0.3, -0.25) is 24.9 Å². The van der Waals surface area contributed by atoms with Crippen LogP contribution >= 0.6 is 12.6 Å². The lowest BCUT2D eigenvalue weighted by atomic mass is 10.0. The Morgan fingerprint density at radius 3 is 2.77 bits per heavy atom. The topological polar surface area (TPSA) is 93.0 Å². The quantitative estimate of drug-likeness (QED) is 0.262. The summed E-state index contributed by atoms with van der Waals surface area (Å²) in [6.45, 7) is 1.31. The molecule has 202 valence electrons. The Kier molecular flexibility index (Phi) is 7.46. The van der Waals surface area contributed by atoms with Gasteiger partial charge in [0, 0.05) is 54.6 Å². The van der Waals surface area contributed by atoms with Crippen LogP contribution in [0.2, 0.25) is 0 Å². The van der Waals surface area contributed by atoms with Crippen molar-refractivity contribution in [3.8, 4) is 11.3 Å². The number of imidazole rings is 1. The normalized spacial score (nSPS) is 15.7. The van der Waals surface area contributed by atoms with E-state index in [4.69, 9.17) is 4.98 Å². The van der Waals surface area contributed by atoms with Crippen molar-refractivity contribution < 1.29 is 9.59 Å². The number of thiol groups is 1. The van der Waals surface area contributed by atoms with Crippen molar-refractivity contribution in [3.63, 3.8) is 0 Å². The number of anilines is 1. The summed E-state index contributed by atoms with van der Waals surface area (Å²) < 4.78 is 2.09. The number of aromatic nitrogens is 4. The zero-order chi connectivity index (χ0) is 27.5. The second kappa shape index (κ2) is 11.5. The maximum atomic E-state index is 13.6. The maximum Gasteiger partial charge on any atom is 0.258 e. The second-order valence-electron chi connectivity index (χ2n) is 10.0. The van der Waals surface area contributed by atoms with Crippen LogP contribution < -0.4 is 5.32 Å². The molecular weight excluding hydrogens is 520 g/mol. The van der Waals surface area contributed by atoms with Gasteiger partial charge in [-0.15, -0.1) is 0 Å². The van der Waals surface area contributed by atoms with Gasteiger partial charge in [-0.1, -0.05) is 36.4 Å². The molecule has 0 aliphatic carbocycles. The number of carbonyl (C=O) groups excluding carboxylic acids is 2. The average Bonchev–Trinajstić information content (AvgIpc) is 3.16. The molecule has 9 heteroatoms. The first-order valence-electron chi connectivity index (χ1n) is 13.6. The first-order chi connectivity index (χ1) is 19.6. The molecular formula is C31H30N6O2S. The molecule has 4 heterocycles. The molecule has 1 fully saturated rings. The zero-order valence-electron chi connectivity index (χ0n) is 22.0. The third kappa shape index (κ3) is 5.16. The highest BCUT2D eigenvalue weighted by Crippen LogP contribution is 2.31. The predicted molar refractivity (Wildman–Crippen MR) is 161 cm³/mol. The molecule has 0 radical (unpaired) electrons. The molecule has 6 rings (SSSR count). The van der Waals surface area contributed by atoms with Crippen molar-refractivity contribution in [2.24, 2.45) is 0 Å². The second-order valence-corrected chi connectivity index (χ2v) is 10.5. The van der Waals surface area contributed by atoms with Crippen LogP contribution in [0.1, 0.15) is 42.1 Å². The van der Waals surface area contributed by atoms with Gasteiger partial charge in [-0.25, -0.2) is 4.98 Å². The van der Waals surface area contributed by atoms with Crippen LogP contribution in [0.25, 0.3) is 33.1 Å². The molecule has 1 aliphatic rings. The summed E-state index contributed by atoms with van der Waals surface area (Å²) in [5.74, 6) is 0.844. The first-order valence-corrected chi connectivity index (χ1v) is 14.2. The number of nitrogens with zero attached hydrogens (tertiary/aromatic N) is 5. The summed E-state index contributed by atoms with van der Waals surface area (Å²) in [4.78, 5) is 42.0. The standard InChI is InChI=1S/C31H30N6O2S/c38-29(13-16-40)36-15-6-5-8-23(20-36)37-28-11-4-3-10-26(28)34-31(37)35-30(39)21-12-14-33-27(17-21)25-19-32-18-22-7-1-2-9-24(22)25/h1-4,7,9-12,14,17-19,23,40H,5-6,8,13,15-16,20H2,(H,34,35,39)/t23-/m1/s1. The van der Waals surface area contributed by atoms with Gasteiger partial charge >= 0.3 is 0 Å². The molecule has 1 atom stereocenters. The molecule has 0 spiro atoms. The van der Waals surface area contributed by atoms with Crippen LogP contribution in [0.4, 0.5) is 5.95 Å². The number of amides is 2. The lowest BCUT2D eigenvalue weighted by Gasteiger charge is -2.27. The molecule has 0 saturated carbocycles. The average molecular weight is 551 g/mol. The van der Waals surface area contributed by atoms with Gasteiger partial charge in [0.2, 0.25) is 11.9 Å². The Morgan fingerprint density at radius 1 is 1.02 bits per heavy atom. The number of hydrogen-bond acceptors (Lipinski definition) is 6. The highest BCUT2D eigenvalue weighted by molar-refractivity contribution is 7.80. The minimum absolute atomic E-state index is 0.0103. The minimum Gasteiger partial charge on any atom is -0.341 e. The Bertz CT molecular complexity index is 1690. The molecule has 5 aromatic rings. The van der Waals surface area contributed by atoms with Crippen molar-refractivity contribution >= 4 is 52.2 Å². The van der Waals surface area contributed by atoms with Gasteiger partial charge in [0.05, 0.1) is 22.8 Å². The third-order valence-electron chi connectivity index (χ3n) is 7.48. The first kappa shape index (κ1) is 26.0. The lowest BCUT2D eigenvalue weighted by molar-refractivity contribution is -0.131. The summed E-state index contributed by atoms with van der Waals surface area (Å²) in [7, 11) is 0. The SMILES string of the molecule is O=C(Nc1nc2ccccc2n1[C@@H]1CCCCN(C(=O)CCS)C1)c1ccnc(-c2cncc3ccccc23)c1. The largest absolute Gasteiger partial charge is 0.341 e. The van der Waals surface area contributed by atoms with Crippen molar-refractivity contribution in [2.45, 2.75) is 31.7 Å². The molecule has 1 N–H and O–H groups in total. The van der Waals surface area contributed by atoms with Crippen LogP contribution in [-0.2, 0) is 4.79 Å². The van der Waals surface area contributed by atoms with E-state index >= 15 is 0 Å². The molecule has 40 heavy (non-hydrogen) atoms. The number of rotatable bonds is 6. The van der Waals surface area contributed by atoms with Crippen molar-refractivity contribution in [1.29, 1.82) is 0 Å². The van der Waals surface area contributed by atoms with E-state index in [2.05, 4.69) is 32.5 Å². The van der Waals surface area contributed by atoms with Crippen LogP contribution in [0.3, 0.4) is 0 Å². The number of carbonyl (C=O) groups is 2. The summed E-state index contributed by atoms with van der Waals surface area (Å²) in [6.07, 6.45) is 8.49. The molecule has 0 unspecified atom stereocenters. The van der Waals surface area contributed by atoms with E-state index in [0.717, 1.165) is 53.2 Å².